The summed E-state index contributed by atoms with van der Waals surface area (Å²) in [7, 11) is 1.65. The number of nitrogens with one attached hydrogen (secondary N) is 1. The lowest BCUT2D eigenvalue weighted by molar-refractivity contribution is 0.392. The molecule has 0 saturated carbocycles. The number of ether oxygens (including phenoxy) is 1. The summed E-state index contributed by atoms with van der Waals surface area (Å²) in [4.78, 5) is 4.50. The molecule has 0 atom stereocenters. The van der Waals surface area contributed by atoms with Crippen molar-refractivity contribution >= 4 is 11.8 Å². The second kappa shape index (κ2) is 6.23. The van der Waals surface area contributed by atoms with E-state index in [4.69, 9.17) is 9.26 Å². The van der Waals surface area contributed by atoms with E-state index in [9.17, 15) is 0 Å². The number of H-pyrrole nitrogens is 1. The number of thioether (sulfide) groups is 1. The highest BCUT2D eigenvalue weighted by Gasteiger charge is 2.12. The zero-order valence-electron chi connectivity index (χ0n) is 12.6. The summed E-state index contributed by atoms with van der Waals surface area (Å²) >= 11 is 1.55. The van der Waals surface area contributed by atoms with Gasteiger partial charge in [0.05, 0.1) is 12.8 Å². The monoisotopic (exact) mass is 316 g/mol. The maximum atomic E-state index is 5.16. The fourth-order valence-electron chi connectivity index (χ4n) is 2.03. The molecule has 0 unspecified atom stereocenters. The average Bonchev–Trinajstić information content (AvgIpc) is 3.13. The third kappa shape index (κ3) is 2.99. The normalized spacial score (nSPS) is 10.9. The minimum Gasteiger partial charge on any atom is -0.497 e. The van der Waals surface area contributed by atoms with Gasteiger partial charge in [0.2, 0.25) is 5.16 Å². The van der Waals surface area contributed by atoms with Gasteiger partial charge >= 0.3 is 0 Å². The van der Waals surface area contributed by atoms with Gasteiger partial charge in [0.25, 0.3) is 0 Å². The lowest BCUT2D eigenvalue weighted by atomic mass is 10.2. The Bertz CT molecular complexity index is 745. The van der Waals surface area contributed by atoms with Gasteiger partial charge in [-0.15, -0.1) is 5.10 Å². The number of benzene rings is 1. The first-order valence-electron chi connectivity index (χ1n) is 6.78. The van der Waals surface area contributed by atoms with Crippen LogP contribution in [0.25, 0.3) is 11.4 Å². The van der Waals surface area contributed by atoms with Crippen LogP contribution in [0, 0.1) is 13.8 Å². The minimum absolute atomic E-state index is 0.700. The third-order valence-electron chi connectivity index (χ3n) is 3.36. The molecule has 0 bridgehead atoms. The predicted molar refractivity (Wildman–Crippen MR) is 83.9 cm³/mol. The van der Waals surface area contributed by atoms with E-state index in [0.717, 1.165) is 39.9 Å². The number of rotatable bonds is 5. The summed E-state index contributed by atoms with van der Waals surface area (Å²) in [5.74, 6) is 3.14. The van der Waals surface area contributed by atoms with Gasteiger partial charge in [0.1, 0.15) is 11.5 Å². The minimum atomic E-state index is 0.700. The summed E-state index contributed by atoms with van der Waals surface area (Å²) in [6.45, 7) is 3.85. The molecular formula is C15H16N4O2S. The number of aromatic nitrogens is 4. The number of hydrogen-bond acceptors (Lipinski definition) is 6. The molecule has 0 saturated heterocycles. The first kappa shape index (κ1) is 14.6. The molecule has 0 radical (unpaired) electrons. The second-order valence-electron chi connectivity index (χ2n) is 4.79. The van der Waals surface area contributed by atoms with Gasteiger partial charge in [-0.1, -0.05) is 16.9 Å². The first-order chi connectivity index (χ1) is 10.7. The molecule has 114 valence electrons. The smallest absolute Gasteiger partial charge is 0.209 e. The standard InChI is InChI=1S/C15H16N4O2S/c1-9-13(10(2)21-19-9)8-22-15-16-14(17-18-15)11-4-6-12(20-3)7-5-11/h4-7H,8H2,1-3H3,(H,16,17,18). The van der Waals surface area contributed by atoms with E-state index in [-0.39, 0.29) is 0 Å². The molecule has 1 aromatic carbocycles. The molecule has 0 aliphatic rings. The fraction of sp³-hybridized carbons (Fsp3) is 0.267. The lowest BCUT2D eigenvalue weighted by Crippen LogP contribution is -1.86. The molecule has 3 aromatic rings. The Morgan fingerprint density at radius 1 is 1.23 bits per heavy atom. The molecule has 6 nitrogen and oxygen atoms in total. The van der Waals surface area contributed by atoms with Crippen LogP contribution in [0.3, 0.4) is 0 Å². The average molecular weight is 316 g/mol. The van der Waals surface area contributed by atoms with E-state index in [1.807, 2.05) is 38.1 Å². The number of methoxy groups -OCH3 is 1. The van der Waals surface area contributed by atoms with Crippen molar-refractivity contribution in [3.05, 3.63) is 41.3 Å². The Morgan fingerprint density at radius 3 is 2.64 bits per heavy atom. The van der Waals surface area contributed by atoms with Crippen LogP contribution in [0.2, 0.25) is 0 Å². The van der Waals surface area contributed by atoms with Crippen LogP contribution in [0.1, 0.15) is 17.0 Å². The Balaban J connectivity index is 1.70. The molecule has 1 N–H and O–H groups in total. The Morgan fingerprint density at radius 2 is 2.00 bits per heavy atom. The Labute approximate surface area is 132 Å². The molecule has 0 spiro atoms. The van der Waals surface area contributed by atoms with Gasteiger partial charge in [0, 0.05) is 16.9 Å². The molecule has 0 amide bonds. The van der Waals surface area contributed by atoms with Gasteiger partial charge in [-0.2, -0.15) is 0 Å². The van der Waals surface area contributed by atoms with Crippen molar-refractivity contribution in [2.45, 2.75) is 24.8 Å². The van der Waals surface area contributed by atoms with Crippen LogP contribution >= 0.6 is 11.8 Å². The fourth-order valence-corrected chi connectivity index (χ4v) is 2.99. The highest BCUT2D eigenvalue weighted by atomic mass is 32.2. The van der Waals surface area contributed by atoms with E-state index >= 15 is 0 Å². The van der Waals surface area contributed by atoms with E-state index in [0.29, 0.717) is 5.16 Å². The van der Waals surface area contributed by atoms with Gasteiger partial charge in [-0.3, -0.25) is 5.10 Å². The zero-order valence-corrected chi connectivity index (χ0v) is 13.4. The first-order valence-corrected chi connectivity index (χ1v) is 7.77. The summed E-state index contributed by atoms with van der Waals surface area (Å²) in [6.07, 6.45) is 0. The van der Waals surface area contributed by atoms with Gasteiger partial charge in [0.15, 0.2) is 5.82 Å². The number of hydrogen-bond donors (Lipinski definition) is 1. The van der Waals surface area contributed by atoms with E-state index in [1.165, 1.54) is 0 Å². The van der Waals surface area contributed by atoms with Crippen molar-refractivity contribution in [2.24, 2.45) is 0 Å². The zero-order chi connectivity index (χ0) is 15.5. The SMILES string of the molecule is COc1ccc(-c2nc(SCc3c(C)noc3C)n[nH]2)cc1. The maximum absolute atomic E-state index is 5.16. The van der Waals surface area contributed by atoms with Crippen molar-refractivity contribution < 1.29 is 9.26 Å². The summed E-state index contributed by atoms with van der Waals surface area (Å²) < 4.78 is 10.3. The van der Waals surface area contributed by atoms with Crippen LogP contribution < -0.4 is 4.74 Å². The van der Waals surface area contributed by atoms with Crippen LogP contribution in [0.4, 0.5) is 0 Å². The maximum Gasteiger partial charge on any atom is 0.209 e. The van der Waals surface area contributed by atoms with E-state index < -0.39 is 0 Å². The topological polar surface area (TPSA) is 76.8 Å². The molecule has 7 heteroatoms. The molecule has 0 aliphatic heterocycles. The number of aromatic amines is 1. The Kier molecular flexibility index (Phi) is 4.15. The molecular weight excluding hydrogens is 300 g/mol. The van der Waals surface area contributed by atoms with Crippen molar-refractivity contribution in [3.63, 3.8) is 0 Å². The quantitative estimate of drug-likeness (QED) is 0.727. The van der Waals surface area contributed by atoms with Crippen molar-refractivity contribution in [1.82, 2.24) is 20.3 Å². The third-order valence-corrected chi connectivity index (χ3v) is 4.23. The largest absolute Gasteiger partial charge is 0.497 e. The van der Waals surface area contributed by atoms with Crippen LogP contribution in [0.15, 0.2) is 33.9 Å². The van der Waals surface area contributed by atoms with Gasteiger partial charge in [-0.25, -0.2) is 4.98 Å². The van der Waals surface area contributed by atoms with Crippen LogP contribution in [-0.4, -0.2) is 27.4 Å². The highest BCUT2D eigenvalue weighted by Crippen LogP contribution is 2.26. The molecule has 2 aromatic heterocycles. The van der Waals surface area contributed by atoms with Crippen molar-refractivity contribution in [2.75, 3.05) is 7.11 Å². The number of nitrogens with zero attached hydrogens (tertiary/aromatic N) is 3. The molecule has 0 aliphatic carbocycles. The van der Waals surface area contributed by atoms with Crippen LogP contribution in [-0.2, 0) is 5.75 Å². The number of aryl methyl sites for hydroxylation is 2. The second-order valence-corrected chi connectivity index (χ2v) is 5.73. The molecule has 0 fully saturated rings. The van der Waals surface area contributed by atoms with Crippen molar-refractivity contribution in [3.8, 4) is 17.1 Å². The molecule has 3 rings (SSSR count). The van der Waals surface area contributed by atoms with Crippen molar-refractivity contribution in [1.29, 1.82) is 0 Å². The lowest BCUT2D eigenvalue weighted by Gasteiger charge is -1.99. The molecule has 22 heavy (non-hydrogen) atoms. The summed E-state index contributed by atoms with van der Waals surface area (Å²) in [5.41, 5.74) is 2.98. The summed E-state index contributed by atoms with van der Waals surface area (Å²) in [6, 6.07) is 7.69. The van der Waals surface area contributed by atoms with Gasteiger partial charge in [-0.05, 0) is 38.1 Å². The summed E-state index contributed by atoms with van der Waals surface area (Å²) in [5, 5.41) is 11.8. The Hall–Kier alpha value is -2.28. The highest BCUT2D eigenvalue weighted by molar-refractivity contribution is 7.98. The van der Waals surface area contributed by atoms with E-state index in [1.54, 1.807) is 18.9 Å². The van der Waals surface area contributed by atoms with Gasteiger partial charge < -0.3 is 9.26 Å². The molecule has 2 heterocycles. The predicted octanol–water partition coefficient (Wildman–Crippen LogP) is 3.38. The van der Waals surface area contributed by atoms with E-state index in [2.05, 4.69) is 20.3 Å². The van der Waals surface area contributed by atoms with Crippen LogP contribution in [0.5, 0.6) is 5.75 Å².